The summed E-state index contributed by atoms with van der Waals surface area (Å²) in [6.45, 7) is 9.48. The number of carbonyl (C=O) groups is 1. The van der Waals surface area contributed by atoms with Crippen LogP contribution in [0.3, 0.4) is 0 Å². The molecular formula is C10H14BrNO. The highest BCUT2D eigenvalue weighted by molar-refractivity contribution is 9.11. The van der Waals surface area contributed by atoms with Gasteiger partial charge in [-0.05, 0) is 12.0 Å². The quantitative estimate of drug-likeness (QED) is 0.740. The number of halogens is 1. The molecule has 0 unspecified atom stereocenters. The molecule has 72 valence electrons. The van der Waals surface area contributed by atoms with Crippen molar-refractivity contribution in [1.82, 2.24) is 5.32 Å². The van der Waals surface area contributed by atoms with Gasteiger partial charge in [0.15, 0.2) is 0 Å². The first-order chi connectivity index (χ1) is 6.07. The highest BCUT2D eigenvalue weighted by Gasteiger charge is 1.98. The molecule has 0 aliphatic heterocycles. The second kappa shape index (κ2) is 6.66. The molecule has 0 rings (SSSR count). The fourth-order valence-electron chi connectivity index (χ4n) is 0.825. The monoisotopic (exact) mass is 243 g/mol. The Morgan fingerprint density at radius 3 is 2.62 bits per heavy atom. The number of nitrogens with one attached hydrogen (secondary N) is 1. The Balaban J connectivity index is 3.98. The SMILES string of the molecule is C=C/C=C(/CCNC(C)=O)C(=C)Br. The first-order valence-corrected chi connectivity index (χ1v) is 4.78. The molecule has 1 amide bonds. The van der Waals surface area contributed by atoms with E-state index >= 15 is 0 Å². The molecule has 0 fully saturated rings. The zero-order valence-electron chi connectivity index (χ0n) is 7.77. The summed E-state index contributed by atoms with van der Waals surface area (Å²) in [5, 5.41) is 2.71. The van der Waals surface area contributed by atoms with Gasteiger partial charge in [0.1, 0.15) is 0 Å². The predicted molar refractivity (Wildman–Crippen MR) is 59.6 cm³/mol. The minimum Gasteiger partial charge on any atom is -0.356 e. The summed E-state index contributed by atoms with van der Waals surface area (Å²) < 4.78 is 0.831. The molecule has 1 N–H and O–H groups in total. The minimum atomic E-state index is -0.0156. The van der Waals surface area contributed by atoms with Gasteiger partial charge in [-0.15, -0.1) is 0 Å². The van der Waals surface area contributed by atoms with Gasteiger partial charge in [-0.3, -0.25) is 4.79 Å². The van der Waals surface area contributed by atoms with Crippen molar-refractivity contribution in [2.24, 2.45) is 0 Å². The summed E-state index contributed by atoms with van der Waals surface area (Å²) in [4.78, 5) is 10.6. The van der Waals surface area contributed by atoms with E-state index in [1.165, 1.54) is 6.92 Å². The van der Waals surface area contributed by atoms with Gasteiger partial charge >= 0.3 is 0 Å². The van der Waals surface area contributed by atoms with E-state index in [0.29, 0.717) is 6.54 Å². The summed E-state index contributed by atoms with van der Waals surface area (Å²) in [6.07, 6.45) is 4.34. The molecule has 0 saturated heterocycles. The largest absolute Gasteiger partial charge is 0.356 e. The third-order valence-corrected chi connectivity index (χ3v) is 1.95. The number of rotatable bonds is 5. The van der Waals surface area contributed by atoms with E-state index in [-0.39, 0.29) is 5.91 Å². The van der Waals surface area contributed by atoms with Gasteiger partial charge in [0.2, 0.25) is 5.91 Å². The van der Waals surface area contributed by atoms with Crippen molar-refractivity contribution in [1.29, 1.82) is 0 Å². The fourth-order valence-corrected chi connectivity index (χ4v) is 1.16. The van der Waals surface area contributed by atoms with Gasteiger partial charge < -0.3 is 5.32 Å². The maximum atomic E-state index is 10.6. The van der Waals surface area contributed by atoms with Crippen LogP contribution < -0.4 is 5.32 Å². The predicted octanol–water partition coefficient (Wildman–Crippen LogP) is 2.53. The van der Waals surface area contributed by atoms with Gasteiger partial charge in [0.05, 0.1) is 0 Å². The van der Waals surface area contributed by atoms with Gasteiger partial charge in [-0.2, -0.15) is 0 Å². The molecule has 0 bridgehead atoms. The smallest absolute Gasteiger partial charge is 0.216 e. The zero-order valence-corrected chi connectivity index (χ0v) is 9.36. The summed E-state index contributed by atoms with van der Waals surface area (Å²) in [5.41, 5.74) is 1.05. The molecule has 0 radical (unpaired) electrons. The second-order valence-electron chi connectivity index (χ2n) is 2.57. The molecule has 0 aliphatic rings. The Bertz CT molecular complexity index is 243. The topological polar surface area (TPSA) is 29.1 Å². The Hall–Kier alpha value is -0.830. The third-order valence-electron chi connectivity index (χ3n) is 1.44. The van der Waals surface area contributed by atoms with Gasteiger partial charge in [-0.25, -0.2) is 0 Å². The Morgan fingerprint density at radius 1 is 1.62 bits per heavy atom. The molecule has 0 spiro atoms. The minimum absolute atomic E-state index is 0.0156. The zero-order chi connectivity index (χ0) is 10.3. The van der Waals surface area contributed by atoms with Crippen LogP contribution in [0.4, 0.5) is 0 Å². The number of hydrogen-bond acceptors (Lipinski definition) is 1. The number of hydrogen-bond donors (Lipinski definition) is 1. The van der Waals surface area contributed by atoms with Crippen molar-refractivity contribution in [3.8, 4) is 0 Å². The highest BCUT2D eigenvalue weighted by Crippen LogP contribution is 2.17. The Kier molecular flexibility index (Phi) is 6.24. The van der Waals surface area contributed by atoms with E-state index in [1.807, 2.05) is 6.08 Å². The molecule has 0 aliphatic carbocycles. The number of amides is 1. The molecule has 3 heteroatoms. The molecular weight excluding hydrogens is 230 g/mol. The normalized spacial score (nSPS) is 10.8. The molecule has 0 saturated carbocycles. The standard InChI is InChI=1S/C10H14BrNO/c1-4-5-10(8(2)11)6-7-12-9(3)13/h4-5H,1-2,6-7H2,3H3,(H,12,13)/b10-5-. The first kappa shape index (κ1) is 12.2. The van der Waals surface area contributed by atoms with Crippen molar-refractivity contribution >= 4 is 21.8 Å². The average molecular weight is 244 g/mol. The van der Waals surface area contributed by atoms with E-state index < -0.39 is 0 Å². The van der Waals surface area contributed by atoms with Crippen molar-refractivity contribution in [3.05, 3.63) is 35.4 Å². The van der Waals surface area contributed by atoms with Crippen LogP contribution in [0.2, 0.25) is 0 Å². The lowest BCUT2D eigenvalue weighted by atomic mass is 10.1. The van der Waals surface area contributed by atoms with Crippen LogP contribution in [0.1, 0.15) is 13.3 Å². The lowest BCUT2D eigenvalue weighted by Gasteiger charge is -2.05. The average Bonchev–Trinajstić information content (AvgIpc) is 2.02. The lowest BCUT2D eigenvalue weighted by Crippen LogP contribution is -2.21. The molecule has 0 heterocycles. The summed E-state index contributed by atoms with van der Waals surface area (Å²) >= 11 is 3.29. The highest BCUT2D eigenvalue weighted by atomic mass is 79.9. The maximum Gasteiger partial charge on any atom is 0.216 e. The van der Waals surface area contributed by atoms with E-state index in [9.17, 15) is 4.79 Å². The lowest BCUT2D eigenvalue weighted by molar-refractivity contribution is -0.118. The van der Waals surface area contributed by atoms with E-state index in [2.05, 4.69) is 34.4 Å². The Morgan fingerprint density at radius 2 is 2.23 bits per heavy atom. The molecule has 2 nitrogen and oxygen atoms in total. The summed E-state index contributed by atoms with van der Waals surface area (Å²) in [6, 6.07) is 0. The van der Waals surface area contributed by atoms with Crippen LogP contribution in [0, 0.1) is 0 Å². The van der Waals surface area contributed by atoms with Gasteiger partial charge in [-0.1, -0.05) is 41.2 Å². The van der Waals surface area contributed by atoms with Crippen molar-refractivity contribution in [2.45, 2.75) is 13.3 Å². The van der Waals surface area contributed by atoms with Gasteiger partial charge in [0.25, 0.3) is 0 Å². The van der Waals surface area contributed by atoms with Crippen LogP contribution in [-0.4, -0.2) is 12.5 Å². The van der Waals surface area contributed by atoms with Crippen molar-refractivity contribution in [3.63, 3.8) is 0 Å². The molecule has 0 aromatic heterocycles. The molecule has 0 aromatic carbocycles. The number of allylic oxidation sites excluding steroid dienone is 3. The fraction of sp³-hybridized carbons (Fsp3) is 0.300. The molecule has 0 atom stereocenters. The van der Waals surface area contributed by atoms with Crippen molar-refractivity contribution in [2.75, 3.05) is 6.54 Å². The molecule has 0 aromatic rings. The van der Waals surface area contributed by atoms with Crippen LogP contribution in [0.15, 0.2) is 35.4 Å². The molecule has 13 heavy (non-hydrogen) atoms. The summed E-state index contributed by atoms with van der Waals surface area (Å²) in [7, 11) is 0. The van der Waals surface area contributed by atoms with Crippen LogP contribution in [0.5, 0.6) is 0 Å². The Labute approximate surface area is 87.5 Å². The van der Waals surface area contributed by atoms with Crippen LogP contribution >= 0.6 is 15.9 Å². The maximum absolute atomic E-state index is 10.6. The van der Waals surface area contributed by atoms with E-state index in [0.717, 1.165) is 16.5 Å². The van der Waals surface area contributed by atoms with Crippen molar-refractivity contribution < 1.29 is 4.79 Å². The van der Waals surface area contributed by atoms with E-state index in [1.54, 1.807) is 6.08 Å². The first-order valence-electron chi connectivity index (χ1n) is 3.98. The van der Waals surface area contributed by atoms with E-state index in [4.69, 9.17) is 0 Å². The third kappa shape index (κ3) is 6.34. The summed E-state index contributed by atoms with van der Waals surface area (Å²) in [5.74, 6) is -0.0156. The van der Waals surface area contributed by atoms with Crippen LogP contribution in [-0.2, 0) is 4.79 Å². The number of carbonyl (C=O) groups excluding carboxylic acids is 1. The second-order valence-corrected chi connectivity index (χ2v) is 3.52. The van der Waals surface area contributed by atoms with Gasteiger partial charge in [0, 0.05) is 18.0 Å². The van der Waals surface area contributed by atoms with Crippen LogP contribution in [0.25, 0.3) is 0 Å².